The van der Waals surface area contributed by atoms with Crippen molar-refractivity contribution in [3.05, 3.63) is 128 Å². The number of aryl methyl sites for hydroxylation is 2. The molecule has 3 heterocycles. The minimum absolute atomic E-state index is 0.267. The van der Waals surface area contributed by atoms with Crippen molar-refractivity contribution in [2.24, 2.45) is 17.4 Å². The lowest BCUT2D eigenvalue weighted by Gasteiger charge is -2.19. The molecule has 320 valence electrons. The molecule has 6 N–H and O–H groups in total. The summed E-state index contributed by atoms with van der Waals surface area (Å²) >= 11 is 24.8. The van der Waals surface area contributed by atoms with Gasteiger partial charge in [0.25, 0.3) is 11.8 Å². The maximum atomic E-state index is 12.9. The number of carbonyl (C=O) groups is 4. The van der Waals surface area contributed by atoms with Crippen LogP contribution in [0.25, 0.3) is 22.3 Å². The zero-order valence-electron chi connectivity index (χ0n) is 34.4. The number of ether oxygens (including phenoxy) is 2. The van der Waals surface area contributed by atoms with E-state index in [1.807, 2.05) is 42.3 Å². The number of hydrogen-bond donors (Lipinski definition) is 3. The van der Waals surface area contributed by atoms with Gasteiger partial charge in [-0.3, -0.25) is 26.2 Å². The van der Waals surface area contributed by atoms with Gasteiger partial charge in [0.15, 0.2) is 0 Å². The molecule has 60 heavy (non-hydrogen) atoms. The predicted octanol–water partition coefficient (Wildman–Crippen LogP) is 9.69. The van der Waals surface area contributed by atoms with E-state index in [0.29, 0.717) is 73.0 Å². The number of carbonyl (C=O) groups excluding carboxylic acids is 4. The fourth-order valence-electron chi connectivity index (χ4n) is 6.24. The summed E-state index contributed by atoms with van der Waals surface area (Å²) < 4.78 is 14.9. The van der Waals surface area contributed by atoms with E-state index in [1.54, 1.807) is 93.8 Å². The molecule has 0 bridgehead atoms. The van der Waals surface area contributed by atoms with Crippen LogP contribution in [0.1, 0.15) is 95.8 Å². The molecule has 16 heteroatoms. The Bertz CT molecular complexity index is 2310. The molecule has 0 unspecified atom stereocenters. The van der Waals surface area contributed by atoms with Crippen molar-refractivity contribution >= 4 is 70.2 Å². The van der Waals surface area contributed by atoms with Gasteiger partial charge in [-0.25, -0.2) is 9.59 Å². The molecule has 3 aromatic carbocycles. The highest BCUT2D eigenvalue weighted by Crippen LogP contribution is 2.36. The Morgan fingerprint density at radius 2 is 0.967 bits per heavy atom. The first kappa shape index (κ1) is 48.0. The Morgan fingerprint density at radius 1 is 0.567 bits per heavy atom. The summed E-state index contributed by atoms with van der Waals surface area (Å²) in [7, 11) is 0. The first-order chi connectivity index (χ1) is 28.3. The van der Waals surface area contributed by atoms with Crippen LogP contribution in [0.3, 0.4) is 0 Å². The van der Waals surface area contributed by atoms with Gasteiger partial charge >= 0.3 is 11.9 Å². The van der Waals surface area contributed by atoms with Gasteiger partial charge < -0.3 is 24.3 Å². The summed E-state index contributed by atoms with van der Waals surface area (Å²) in [5.74, 6) is 6.59. The standard InChI is InChI=1S/C26H24Cl2N2O4.C18H22Cl2N2O2.H4N2/c1-26(2,3)34-25(33)21-15-29(14-20(21)17-10-9-16(27)13-22(17)28)11-6-12-30-23(31)18-7-4-5-8-19(18)24(30)32;1-18(2,3)24-17(23)15-11-22(8-4-7-21)10-14(15)13-6-5-12(19)9-16(13)20;1-2/h4-5,7-10,13-15H,6,11-12H2,1-3H3;5-6,9-11H,4,7-8,21H2,1-3H3;1-2H2. The van der Waals surface area contributed by atoms with Crippen LogP contribution in [0.15, 0.2) is 85.5 Å². The molecule has 2 amide bonds. The number of fused-ring (bicyclic) bond motifs is 1. The number of rotatable bonds is 11. The van der Waals surface area contributed by atoms with Crippen LogP contribution in [-0.2, 0) is 22.6 Å². The molecule has 0 saturated heterocycles. The molecular weight excluding hydrogens is 850 g/mol. The molecule has 2 aromatic heterocycles. The van der Waals surface area contributed by atoms with E-state index in [1.165, 1.54) is 4.90 Å². The quantitative estimate of drug-likeness (QED) is 0.0504. The fourth-order valence-corrected chi connectivity index (χ4v) is 7.26. The SMILES string of the molecule is CC(C)(C)OC(=O)c1cn(CCCN)cc1-c1ccc(Cl)cc1Cl.CC(C)(C)OC(=O)c1cn(CCCN2C(=O)c3ccccc3C2=O)cc1-c1ccc(Cl)cc1Cl.NN. The van der Waals surface area contributed by atoms with Gasteiger partial charge in [-0.1, -0.05) is 70.7 Å². The highest BCUT2D eigenvalue weighted by atomic mass is 35.5. The molecular formula is C44H50Cl4N6O6. The van der Waals surface area contributed by atoms with Gasteiger partial charge in [-0.05, 0) is 97.3 Å². The van der Waals surface area contributed by atoms with Crippen LogP contribution < -0.4 is 17.4 Å². The van der Waals surface area contributed by atoms with E-state index in [2.05, 4.69) is 11.7 Å². The maximum Gasteiger partial charge on any atom is 0.340 e. The number of aromatic nitrogens is 2. The lowest BCUT2D eigenvalue weighted by molar-refractivity contribution is 0.00577. The minimum Gasteiger partial charge on any atom is -0.456 e. The van der Waals surface area contributed by atoms with Crippen molar-refractivity contribution in [3.63, 3.8) is 0 Å². The second-order valence-corrected chi connectivity index (χ2v) is 17.4. The molecule has 0 fully saturated rings. The molecule has 5 aromatic rings. The molecule has 0 saturated carbocycles. The Hall–Kier alpha value is -4.66. The van der Waals surface area contributed by atoms with Crippen LogP contribution in [0, 0.1) is 0 Å². The molecule has 1 aliphatic heterocycles. The van der Waals surface area contributed by atoms with Crippen LogP contribution in [0.5, 0.6) is 0 Å². The number of imide groups is 1. The predicted molar refractivity (Wildman–Crippen MR) is 239 cm³/mol. The molecule has 0 spiro atoms. The summed E-state index contributed by atoms with van der Waals surface area (Å²) in [6.07, 6.45) is 8.53. The van der Waals surface area contributed by atoms with Crippen molar-refractivity contribution in [1.82, 2.24) is 14.0 Å². The van der Waals surface area contributed by atoms with E-state index in [-0.39, 0.29) is 24.3 Å². The van der Waals surface area contributed by atoms with Crippen LogP contribution in [0.2, 0.25) is 20.1 Å². The highest BCUT2D eigenvalue weighted by molar-refractivity contribution is 6.37. The fraction of sp³-hybridized carbons (Fsp3) is 0.318. The Morgan fingerprint density at radius 3 is 1.33 bits per heavy atom. The van der Waals surface area contributed by atoms with E-state index in [0.717, 1.165) is 24.1 Å². The largest absolute Gasteiger partial charge is 0.456 e. The molecule has 0 atom stereocenters. The number of hydrazine groups is 1. The number of nitrogens with zero attached hydrogens (tertiary/aromatic N) is 3. The number of esters is 2. The Balaban J connectivity index is 0.000000269. The smallest absolute Gasteiger partial charge is 0.340 e. The van der Waals surface area contributed by atoms with Crippen molar-refractivity contribution in [3.8, 4) is 22.3 Å². The second kappa shape index (κ2) is 20.7. The van der Waals surface area contributed by atoms with Crippen molar-refractivity contribution in [1.29, 1.82) is 0 Å². The number of benzene rings is 3. The van der Waals surface area contributed by atoms with Gasteiger partial charge in [0.05, 0.1) is 22.3 Å². The topological polar surface area (TPSA) is 178 Å². The molecule has 6 rings (SSSR count). The monoisotopic (exact) mass is 898 g/mol. The minimum atomic E-state index is -0.661. The van der Waals surface area contributed by atoms with Crippen molar-refractivity contribution in [2.75, 3.05) is 13.1 Å². The Kier molecular flexibility index (Phi) is 16.6. The summed E-state index contributed by atoms with van der Waals surface area (Å²) in [6, 6.07) is 17.1. The van der Waals surface area contributed by atoms with Crippen molar-refractivity contribution < 1.29 is 28.7 Å². The summed E-state index contributed by atoms with van der Waals surface area (Å²) in [5.41, 5.74) is 8.81. The van der Waals surface area contributed by atoms with Gasteiger partial charge in [-0.15, -0.1) is 0 Å². The van der Waals surface area contributed by atoms with Crippen LogP contribution >= 0.6 is 46.4 Å². The zero-order valence-corrected chi connectivity index (χ0v) is 37.4. The third-order valence-electron chi connectivity index (χ3n) is 8.74. The van der Waals surface area contributed by atoms with E-state index >= 15 is 0 Å². The lowest BCUT2D eigenvalue weighted by atomic mass is 10.0. The van der Waals surface area contributed by atoms with Crippen LogP contribution in [-0.4, -0.2) is 62.1 Å². The Labute approximate surface area is 370 Å². The number of amides is 2. The lowest BCUT2D eigenvalue weighted by Crippen LogP contribution is -2.31. The third-order valence-corrected chi connectivity index (χ3v) is 9.83. The summed E-state index contributed by atoms with van der Waals surface area (Å²) in [5, 5.41) is 1.95. The van der Waals surface area contributed by atoms with E-state index in [4.69, 9.17) is 61.6 Å². The average molecular weight is 901 g/mol. The second-order valence-electron chi connectivity index (χ2n) is 15.7. The van der Waals surface area contributed by atoms with Crippen molar-refractivity contribution in [2.45, 2.75) is 78.7 Å². The van der Waals surface area contributed by atoms with Gasteiger partial charge in [0, 0.05) is 86.8 Å². The summed E-state index contributed by atoms with van der Waals surface area (Å²) in [4.78, 5) is 52.0. The van der Waals surface area contributed by atoms with E-state index in [9.17, 15) is 19.2 Å². The molecule has 12 nitrogen and oxygen atoms in total. The third kappa shape index (κ3) is 12.4. The molecule has 0 radical (unpaired) electrons. The van der Waals surface area contributed by atoms with Gasteiger partial charge in [-0.2, -0.15) is 0 Å². The number of nitrogens with two attached hydrogens (primary N) is 3. The molecule has 1 aliphatic rings. The van der Waals surface area contributed by atoms with Gasteiger partial charge in [0.2, 0.25) is 0 Å². The zero-order chi connectivity index (χ0) is 44.5. The first-order valence-electron chi connectivity index (χ1n) is 19.0. The number of hydrogen-bond acceptors (Lipinski definition) is 9. The first-order valence-corrected chi connectivity index (χ1v) is 20.5. The number of halogens is 4. The molecule has 0 aliphatic carbocycles. The van der Waals surface area contributed by atoms with Gasteiger partial charge in [0.1, 0.15) is 11.2 Å². The highest BCUT2D eigenvalue weighted by Gasteiger charge is 2.34. The summed E-state index contributed by atoms with van der Waals surface area (Å²) in [6.45, 7) is 13.0. The normalized spacial score (nSPS) is 12.3. The average Bonchev–Trinajstić information content (AvgIpc) is 3.86. The van der Waals surface area contributed by atoms with E-state index < -0.39 is 17.2 Å². The van der Waals surface area contributed by atoms with Crippen LogP contribution in [0.4, 0.5) is 0 Å². The maximum absolute atomic E-state index is 12.9.